The molecule has 0 heterocycles. The highest BCUT2D eigenvalue weighted by Gasteiger charge is 2.31. The van der Waals surface area contributed by atoms with Crippen LogP contribution < -0.4 is 0 Å². The molecular weight excluding hydrogens is 166 g/mol. The summed E-state index contributed by atoms with van der Waals surface area (Å²) in [6.45, 7) is 7.15. The van der Waals surface area contributed by atoms with E-state index >= 15 is 0 Å². The standard InChI is InChI=1S/C10H19NO2/c1-7(9(13)11(5)6)8(12)10(2,3)4/h7H,1-6H3. The second-order valence-electron chi connectivity index (χ2n) is 4.57. The maximum absolute atomic E-state index is 11.7. The Morgan fingerprint density at radius 3 is 1.77 bits per heavy atom. The van der Waals surface area contributed by atoms with Crippen molar-refractivity contribution in [3.63, 3.8) is 0 Å². The molecule has 0 radical (unpaired) electrons. The predicted octanol–water partition coefficient (Wildman–Crippen LogP) is 1.33. The van der Waals surface area contributed by atoms with Gasteiger partial charge in [-0.2, -0.15) is 0 Å². The molecule has 0 N–H and O–H groups in total. The number of ketones is 1. The molecule has 0 aromatic rings. The molecule has 76 valence electrons. The molecule has 3 heteroatoms. The van der Waals surface area contributed by atoms with Crippen LogP contribution in [0.1, 0.15) is 27.7 Å². The Balaban J connectivity index is 4.54. The topological polar surface area (TPSA) is 37.4 Å². The van der Waals surface area contributed by atoms with Crippen LogP contribution in [0.3, 0.4) is 0 Å². The van der Waals surface area contributed by atoms with Crippen molar-refractivity contribution in [3.05, 3.63) is 0 Å². The summed E-state index contributed by atoms with van der Waals surface area (Å²) < 4.78 is 0. The lowest BCUT2D eigenvalue weighted by Gasteiger charge is -2.23. The smallest absolute Gasteiger partial charge is 0.232 e. The summed E-state index contributed by atoms with van der Waals surface area (Å²) >= 11 is 0. The lowest BCUT2D eigenvalue weighted by Crippen LogP contribution is -2.37. The van der Waals surface area contributed by atoms with Gasteiger partial charge in [-0.25, -0.2) is 0 Å². The molecule has 1 unspecified atom stereocenters. The Hall–Kier alpha value is -0.860. The first kappa shape index (κ1) is 12.1. The van der Waals surface area contributed by atoms with Gasteiger partial charge in [0.15, 0.2) is 0 Å². The number of nitrogens with zero attached hydrogens (tertiary/aromatic N) is 1. The number of hydrogen-bond acceptors (Lipinski definition) is 2. The van der Waals surface area contributed by atoms with Crippen LogP contribution in [0.25, 0.3) is 0 Å². The van der Waals surface area contributed by atoms with Crippen molar-refractivity contribution in [3.8, 4) is 0 Å². The molecule has 0 rings (SSSR count). The van der Waals surface area contributed by atoms with Crippen molar-refractivity contribution >= 4 is 11.7 Å². The highest BCUT2D eigenvalue weighted by atomic mass is 16.2. The molecule has 3 nitrogen and oxygen atoms in total. The van der Waals surface area contributed by atoms with Crippen LogP contribution in [0.4, 0.5) is 0 Å². The summed E-state index contributed by atoms with van der Waals surface area (Å²) in [5.41, 5.74) is -0.439. The van der Waals surface area contributed by atoms with E-state index < -0.39 is 11.3 Å². The Morgan fingerprint density at radius 1 is 1.15 bits per heavy atom. The van der Waals surface area contributed by atoms with E-state index in [-0.39, 0.29) is 11.7 Å². The highest BCUT2D eigenvalue weighted by Crippen LogP contribution is 2.20. The Bertz CT molecular complexity index is 213. The molecule has 0 aliphatic heterocycles. The van der Waals surface area contributed by atoms with Crippen molar-refractivity contribution in [2.24, 2.45) is 11.3 Å². The molecule has 1 amide bonds. The minimum absolute atomic E-state index is 0.00815. The monoisotopic (exact) mass is 185 g/mol. The van der Waals surface area contributed by atoms with E-state index in [4.69, 9.17) is 0 Å². The molecule has 0 bridgehead atoms. The summed E-state index contributed by atoms with van der Waals surface area (Å²) in [5.74, 6) is -0.666. The zero-order valence-electron chi connectivity index (χ0n) is 9.34. The minimum atomic E-state index is -0.532. The van der Waals surface area contributed by atoms with E-state index in [0.29, 0.717) is 0 Å². The van der Waals surface area contributed by atoms with Crippen LogP contribution in [0.2, 0.25) is 0 Å². The van der Waals surface area contributed by atoms with Gasteiger partial charge >= 0.3 is 0 Å². The lowest BCUT2D eigenvalue weighted by atomic mass is 9.83. The third kappa shape index (κ3) is 3.17. The van der Waals surface area contributed by atoms with Gasteiger partial charge in [0.05, 0.1) is 5.92 Å². The Labute approximate surface area is 80.1 Å². The molecule has 1 atom stereocenters. The minimum Gasteiger partial charge on any atom is -0.348 e. The lowest BCUT2D eigenvalue weighted by molar-refractivity contribution is -0.142. The normalized spacial score (nSPS) is 13.7. The number of carbonyl (C=O) groups excluding carboxylic acids is 2. The van der Waals surface area contributed by atoms with Gasteiger partial charge in [-0.3, -0.25) is 9.59 Å². The van der Waals surface area contributed by atoms with Crippen molar-refractivity contribution in [2.75, 3.05) is 14.1 Å². The van der Waals surface area contributed by atoms with E-state index in [9.17, 15) is 9.59 Å². The number of Topliss-reactive ketones (excluding diaryl/α,β-unsaturated/α-hetero) is 1. The summed E-state index contributed by atoms with van der Waals surface area (Å²) in [6.07, 6.45) is 0. The fourth-order valence-corrected chi connectivity index (χ4v) is 1.15. The molecule has 0 fully saturated rings. The van der Waals surface area contributed by atoms with Gasteiger partial charge in [0.25, 0.3) is 0 Å². The van der Waals surface area contributed by atoms with Crippen molar-refractivity contribution in [1.82, 2.24) is 4.90 Å². The molecule has 0 aromatic carbocycles. The average molecular weight is 185 g/mol. The van der Waals surface area contributed by atoms with Gasteiger partial charge in [-0.1, -0.05) is 20.8 Å². The fraction of sp³-hybridized carbons (Fsp3) is 0.800. The van der Waals surface area contributed by atoms with Crippen LogP contribution in [0.5, 0.6) is 0 Å². The summed E-state index contributed by atoms with van der Waals surface area (Å²) in [5, 5.41) is 0. The van der Waals surface area contributed by atoms with Crippen molar-refractivity contribution in [2.45, 2.75) is 27.7 Å². The molecule has 0 spiro atoms. The van der Waals surface area contributed by atoms with Gasteiger partial charge < -0.3 is 4.90 Å². The van der Waals surface area contributed by atoms with Crippen LogP contribution >= 0.6 is 0 Å². The van der Waals surface area contributed by atoms with Crippen molar-refractivity contribution in [1.29, 1.82) is 0 Å². The third-order valence-corrected chi connectivity index (χ3v) is 1.94. The highest BCUT2D eigenvalue weighted by molar-refractivity contribution is 6.02. The second kappa shape index (κ2) is 3.90. The van der Waals surface area contributed by atoms with Crippen LogP contribution in [0.15, 0.2) is 0 Å². The largest absolute Gasteiger partial charge is 0.348 e. The summed E-state index contributed by atoms with van der Waals surface area (Å²) in [6, 6.07) is 0. The predicted molar refractivity (Wildman–Crippen MR) is 52.3 cm³/mol. The summed E-state index contributed by atoms with van der Waals surface area (Å²) in [7, 11) is 3.32. The number of amides is 1. The molecule has 0 aliphatic carbocycles. The third-order valence-electron chi connectivity index (χ3n) is 1.94. The molecule has 0 aliphatic rings. The maximum Gasteiger partial charge on any atom is 0.232 e. The average Bonchev–Trinajstić information content (AvgIpc) is 1.98. The Morgan fingerprint density at radius 2 is 1.54 bits per heavy atom. The zero-order chi connectivity index (χ0) is 10.8. The summed E-state index contributed by atoms with van der Waals surface area (Å²) in [4.78, 5) is 24.6. The zero-order valence-corrected chi connectivity index (χ0v) is 9.34. The molecular formula is C10H19NO2. The first-order valence-corrected chi connectivity index (χ1v) is 4.43. The van der Waals surface area contributed by atoms with Gasteiger partial charge in [0, 0.05) is 19.5 Å². The molecule has 0 saturated carbocycles. The van der Waals surface area contributed by atoms with Crippen LogP contribution in [-0.2, 0) is 9.59 Å². The van der Waals surface area contributed by atoms with Gasteiger partial charge in [0.2, 0.25) is 5.91 Å². The number of hydrogen-bond donors (Lipinski definition) is 0. The maximum atomic E-state index is 11.7. The molecule has 0 saturated heterocycles. The number of rotatable bonds is 2. The van der Waals surface area contributed by atoms with Gasteiger partial charge in [-0.15, -0.1) is 0 Å². The van der Waals surface area contributed by atoms with E-state index in [1.807, 2.05) is 20.8 Å². The van der Waals surface area contributed by atoms with Crippen LogP contribution in [-0.4, -0.2) is 30.7 Å². The van der Waals surface area contributed by atoms with Crippen LogP contribution in [0, 0.1) is 11.3 Å². The van der Waals surface area contributed by atoms with E-state index in [0.717, 1.165) is 0 Å². The molecule has 13 heavy (non-hydrogen) atoms. The van der Waals surface area contributed by atoms with E-state index in [1.165, 1.54) is 4.90 Å². The number of carbonyl (C=O) groups is 2. The first-order chi connectivity index (χ1) is 5.68. The van der Waals surface area contributed by atoms with E-state index in [2.05, 4.69) is 0 Å². The van der Waals surface area contributed by atoms with Gasteiger partial charge in [0.1, 0.15) is 5.78 Å². The fourth-order valence-electron chi connectivity index (χ4n) is 1.15. The second-order valence-corrected chi connectivity index (χ2v) is 4.57. The molecule has 0 aromatic heterocycles. The van der Waals surface area contributed by atoms with Crippen molar-refractivity contribution < 1.29 is 9.59 Å². The van der Waals surface area contributed by atoms with Gasteiger partial charge in [-0.05, 0) is 6.92 Å². The SMILES string of the molecule is CC(C(=O)N(C)C)C(=O)C(C)(C)C. The first-order valence-electron chi connectivity index (χ1n) is 4.43. The van der Waals surface area contributed by atoms with E-state index in [1.54, 1.807) is 21.0 Å². The Kier molecular flexibility index (Phi) is 3.64. The quantitative estimate of drug-likeness (QED) is 0.608.